The lowest BCUT2D eigenvalue weighted by atomic mass is 10.1. The molecule has 0 aliphatic carbocycles. The summed E-state index contributed by atoms with van der Waals surface area (Å²) < 4.78 is 11.9. The number of halogens is 1. The number of carboxylic acid groups (broad SMARTS) is 2. The van der Waals surface area contributed by atoms with Crippen molar-refractivity contribution in [3.63, 3.8) is 0 Å². The average molecular weight is 442 g/mol. The SMILES string of the molecule is COCCNCCCCOc1ccc2ccccc2c1Br.O=C(O)C(=O)O. The molecule has 0 aliphatic rings. The first-order valence-corrected chi connectivity index (χ1v) is 9.22. The highest BCUT2D eigenvalue weighted by Crippen LogP contribution is 2.33. The van der Waals surface area contributed by atoms with Gasteiger partial charge in [-0.05, 0) is 52.2 Å². The summed E-state index contributed by atoms with van der Waals surface area (Å²) in [5, 5.41) is 20.5. The lowest BCUT2D eigenvalue weighted by molar-refractivity contribution is -0.159. The van der Waals surface area contributed by atoms with Gasteiger partial charge in [0.1, 0.15) is 5.75 Å². The molecule has 0 unspecified atom stereocenters. The Morgan fingerprint density at radius 2 is 1.70 bits per heavy atom. The number of ether oxygens (including phenoxy) is 2. The number of carboxylic acids is 2. The van der Waals surface area contributed by atoms with Gasteiger partial charge in [0, 0.05) is 13.7 Å². The van der Waals surface area contributed by atoms with Crippen molar-refractivity contribution in [1.82, 2.24) is 5.32 Å². The molecule has 0 fully saturated rings. The maximum atomic E-state index is 9.10. The van der Waals surface area contributed by atoms with Crippen molar-refractivity contribution in [1.29, 1.82) is 0 Å². The van der Waals surface area contributed by atoms with E-state index in [4.69, 9.17) is 29.3 Å². The predicted molar refractivity (Wildman–Crippen MR) is 106 cm³/mol. The summed E-state index contributed by atoms with van der Waals surface area (Å²) in [5.74, 6) is -2.73. The molecule has 0 amide bonds. The summed E-state index contributed by atoms with van der Waals surface area (Å²) in [4.78, 5) is 18.2. The van der Waals surface area contributed by atoms with E-state index in [1.165, 1.54) is 10.8 Å². The molecule has 0 saturated carbocycles. The van der Waals surface area contributed by atoms with Crippen molar-refractivity contribution < 1.29 is 29.3 Å². The molecule has 7 nitrogen and oxygen atoms in total. The van der Waals surface area contributed by atoms with Crippen LogP contribution >= 0.6 is 15.9 Å². The first-order valence-electron chi connectivity index (χ1n) is 8.43. The molecule has 0 radical (unpaired) electrons. The Balaban J connectivity index is 0.000000527. The van der Waals surface area contributed by atoms with E-state index in [9.17, 15) is 0 Å². The van der Waals surface area contributed by atoms with E-state index in [0.717, 1.165) is 49.4 Å². The number of rotatable bonds is 9. The third-order valence-corrected chi connectivity index (χ3v) is 4.32. The van der Waals surface area contributed by atoms with Crippen molar-refractivity contribution in [2.24, 2.45) is 0 Å². The van der Waals surface area contributed by atoms with Crippen LogP contribution in [0.25, 0.3) is 10.8 Å². The van der Waals surface area contributed by atoms with Gasteiger partial charge in [0.15, 0.2) is 0 Å². The molecule has 0 bridgehead atoms. The molecule has 27 heavy (non-hydrogen) atoms. The topological polar surface area (TPSA) is 105 Å². The van der Waals surface area contributed by atoms with Gasteiger partial charge in [0.2, 0.25) is 0 Å². The first kappa shape index (κ1) is 22.9. The monoisotopic (exact) mass is 441 g/mol. The van der Waals surface area contributed by atoms with Gasteiger partial charge in [-0.2, -0.15) is 0 Å². The number of unbranched alkanes of at least 4 members (excludes halogenated alkanes) is 1. The second kappa shape index (κ2) is 13.1. The predicted octanol–water partition coefficient (Wildman–Crippen LogP) is 3.15. The van der Waals surface area contributed by atoms with Crippen LogP contribution in [-0.4, -0.2) is 55.6 Å². The van der Waals surface area contributed by atoms with E-state index in [-0.39, 0.29) is 0 Å². The highest BCUT2D eigenvalue weighted by molar-refractivity contribution is 9.10. The number of benzene rings is 2. The molecular formula is C19H24BrNO6. The van der Waals surface area contributed by atoms with Gasteiger partial charge in [0.25, 0.3) is 0 Å². The quantitative estimate of drug-likeness (QED) is 0.405. The number of hydrogen-bond donors (Lipinski definition) is 3. The summed E-state index contributed by atoms with van der Waals surface area (Å²) in [6, 6.07) is 12.4. The van der Waals surface area contributed by atoms with Crippen LogP contribution in [0.15, 0.2) is 40.9 Å². The Hall–Kier alpha value is -2.16. The second-order valence-corrected chi connectivity index (χ2v) is 6.30. The molecule has 0 atom stereocenters. The van der Waals surface area contributed by atoms with Gasteiger partial charge in [-0.1, -0.05) is 30.3 Å². The van der Waals surface area contributed by atoms with Crippen LogP contribution in [-0.2, 0) is 14.3 Å². The normalized spacial score (nSPS) is 10.1. The fourth-order valence-corrected chi connectivity index (χ4v) is 2.77. The average Bonchev–Trinajstić information content (AvgIpc) is 2.66. The molecule has 2 rings (SSSR count). The maximum absolute atomic E-state index is 9.10. The summed E-state index contributed by atoms with van der Waals surface area (Å²) in [7, 11) is 1.72. The van der Waals surface area contributed by atoms with Gasteiger partial charge >= 0.3 is 11.9 Å². The largest absolute Gasteiger partial charge is 0.492 e. The minimum Gasteiger partial charge on any atom is -0.492 e. The molecule has 0 spiro atoms. The van der Waals surface area contributed by atoms with Crippen LogP contribution in [0.5, 0.6) is 5.75 Å². The number of aliphatic carboxylic acids is 2. The van der Waals surface area contributed by atoms with Gasteiger partial charge in [-0.15, -0.1) is 0 Å². The van der Waals surface area contributed by atoms with Crippen LogP contribution in [0, 0.1) is 0 Å². The van der Waals surface area contributed by atoms with Crippen molar-refractivity contribution in [3.8, 4) is 5.75 Å². The zero-order valence-corrected chi connectivity index (χ0v) is 16.7. The number of hydrogen-bond acceptors (Lipinski definition) is 5. The Labute approximate surface area is 166 Å². The molecule has 0 heterocycles. The van der Waals surface area contributed by atoms with E-state index in [1.54, 1.807) is 7.11 Å². The molecule has 0 saturated heterocycles. The second-order valence-electron chi connectivity index (χ2n) is 5.51. The van der Waals surface area contributed by atoms with Crippen molar-refractivity contribution in [2.75, 3.05) is 33.4 Å². The van der Waals surface area contributed by atoms with Gasteiger partial charge < -0.3 is 25.0 Å². The Morgan fingerprint density at radius 1 is 1.00 bits per heavy atom. The highest BCUT2D eigenvalue weighted by atomic mass is 79.9. The number of carbonyl (C=O) groups is 2. The summed E-state index contributed by atoms with van der Waals surface area (Å²) >= 11 is 3.64. The highest BCUT2D eigenvalue weighted by Gasteiger charge is 2.05. The Morgan fingerprint density at radius 3 is 2.37 bits per heavy atom. The standard InChI is InChI=1S/C17H22BrNO2.C2H2O4/c1-20-13-11-19-10-4-5-12-21-16-9-8-14-6-2-3-7-15(14)17(16)18;3-1(4)2(5)6/h2-3,6-9,19H,4-5,10-13H2,1H3;(H,3,4)(H,5,6). The Kier molecular flexibility index (Phi) is 11.1. The van der Waals surface area contributed by atoms with Crippen molar-refractivity contribution in [2.45, 2.75) is 12.8 Å². The van der Waals surface area contributed by atoms with Crippen LogP contribution < -0.4 is 10.1 Å². The van der Waals surface area contributed by atoms with Crippen LogP contribution in [0.1, 0.15) is 12.8 Å². The smallest absolute Gasteiger partial charge is 0.414 e. The van der Waals surface area contributed by atoms with E-state index >= 15 is 0 Å². The molecule has 2 aromatic carbocycles. The number of nitrogens with one attached hydrogen (secondary N) is 1. The first-order chi connectivity index (χ1) is 13.0. The summed E-state index contributed by atoms with van der Waals surface area (Å²) in [5.41, 5.74) is 0. The Bertz CT molecular complexity index is 725. The van der Waals surface area contributed by atoms with E-state index < -0.39 is 11.9 Å². The number of methoxy groups -OCH3 is 1. The molecule has 148 valence electrons. The maximum Gasteiger partial charge on any atom is 0.414 e. The molecule has 2 aromatic rings. The van der Waals surface area contributed by atoms with Crippen LogP contribution in [0.3, 0.4) is 0 Å². The summed E-state index contributed by atoms with van der Waals surface area (Å²) in [6.07, 6.45) is 2.15. The molecule has 3 N–H and O–H groups in total. The molecule has 0 aromatic heterocycles. The minimum absolute atomic E-state index is 0.739. The van der Waals surface area contributed by atoms with E-state index in [1.807, 2.05) is 18.2 Å². The minimum atomic E-state index is -1.82. The fourth-order valence-electron chi connectivity index (χ4n) is 2.16. The summed E-state index contributed by atoms with van der Waals surface area (Å²) in [6.45, 7) is 3.42. The lowest BCUT2D eigenvalue weighted by Gasteiger charge is -2.10. The molecular weight excluding hydrogens is 418 g/mol. The zero-order valence-electron chi connectivity index (χ0n) is 15.1. The van der Waals surface area contributed by atoms with Crippen molar-refractivity contribution in [3.05, 3.63) is 40.9 Å². The lowest BCUT2D eigenvalue weighted by Crippen LogP contribution is -2.20. The third kappa shape index (κ3) is 8.85. The third-order valence-electron chi connectivity index (χ3n) is 3.50. The van der Waals surface area contributed by atoms with Gasteiger partial charge in [-0.25, -0.2) is 9.59 Å². The van der Waals surface area contributed by atoms with E-state index in [2.05, 4.69) is 39.4 Å². The van der Waals surface area contributed by atoms with E-state index in [0.29, 0.717) is 0 Å². The van der Waals surface area contributed by atoms with Crippen LogP contribution in [0.4, 0.5) is 0 Å². The van der Waals surface area contributed by atoms with Gasteiger partial charge in [0.05, 0.1) is 17.7 Å². The number of fused-ring (bicyclic) bond motifs is 1. The van der Waals surface area contributed by atoms with Crippen LogP contribution in [0.2, 0.25) is 0 Å². The fraction of sp³-hybridized carbons (Fsp3) is 0.368. The van der Waals surface area contributed by atoms with Gasteiger partial charge in [-0.3, -0.25) is 0 Å². The molecule has 0 aliphatic heterocycles. The van der Waals surface area contributed by atoms with Crippen molar-refractivity contribution >= 4 is 38.6 Å². The zero-order chi connectivity index (χ0) is 20.1. The molecule has 8 heteroatoms.